The Morgan fingerprint density at radius 2 is 1.92 bits per heavy atom. The number of halogens is 2. The normalized spacial score (nSPS) is 11.5. The number of carbonyl (C=O) groups excluding carboxylic acids is 2. The third-order valence-electron chi connectivity index (χ3n) is 2.91. The van der Waals surface area contributed by atoms with Gasteiger partial charge < -0.3 is 14.8 Å². The van der Waals surface area contributed by atoms with E-state index in [1.165, 1.54) is 25.1 Å². The van der Waals surface area contributed by atoms with Crippen LogP contribution in [-0.2, 0) is 14.3 Å². The second-order valence-corrected chi connectivity index (χ2v) is 5.32. The van der Waals surface area contributed by atoms with Crippen molar-refractivity contribution >= 4 is 29.2 Å². The van der Waals surface area contributed by atoms with Gasteiger partial charge in [0, 0.05) is 10.7 Å². The van der Waals surface area contributed by atoms with Crippen molar-refractivity contribution < 1.29 is 23.5 Å². The van der Waals surface area contributed by atoms with Crippen LogP contribution < -0.4 is 10.1 Å². The Hall–Kier alpha value is -2.60. The van der Waals surface area contributed by atoms with Crippen LogP contribution in [0.2, 0.25) is 5.02 Å². The van der Waals surface area contributed by atoms with Crippen LogP contribution in [0.25, 0.3) is 0 Å². The molecule has 0 heterocycles. The van der Waals surface area contributed by atoms with Crippen molar-refractivity contribution in [1.82, 2.24) is 0 Å². The molecule has 0 fully saturated rings. The van der Waals surface area contributed by atoms with Gasteiger partial charge in [-0.3, -0.25) is 4.79 Å². The first kappa shape index (κ1) is 17.7. The molecular formula is C17H15ClFNO4. The van der Waals surface area contributed by atoms with Crippen molar-refractivity contribution in [2.24, 2.45) is 0 Å². The minimum absolute atomic E-state index is 0.279. The molecule has 2 rings (SSSR count). The summed E-state index contributed by atoms with van der Waals surface area (Å²) in [4.78, 5) is 23.5. The highest BCUT2D eigenvalue weighted by Crippen LogP contribution is 2.17. The number of benzene rings is 2. The summed E-state index contributed by atoms with van der Waals surface area (Å²) in [5.74, 6) is -1.30. The molecule has 1 amide bonds. The molecule has 2 aromatic carbocycles. The zero-order valence-corrected chi connectivity index (χ0v) is 13.5. The van der Waals surface area contributed by atoms with Gasteiger partial charge in [-0.2, -0.15) is 0 Å². The summed E-state index contributed by atoms with van der Waals surface area (Å²) < 4.78 is 23.3. The highest BCUT2D eigenvalue weighted by molar-refractivity contribution is 6.30. The predicted molar refractivity (Wildman–Crippen MR) is 87.5 cm³/mol. The van der Waals surface area contributed by atoms with Crippen LogP contribution in [0.3, 0.4) is 0 Å². The number of ether oxygens (including phenoxy) is 2. The minimum atomic E-state index is -0.895. The molecule has 0 aliphatic rings. The molecule has 5 nitrogen and oxygen atoms in total. The van der Waals surface area contributed by atoms with Gasteiger partial charge in [0.1, 0.15) is 11.6 Å². The Bertz CT molecular complexity index is 721. The molecule has 0 aliphatic heterocycles. The quantitative estimate of drug-likeness (QED) is 0.810. The number of nitrogens with one attached hydrogen (secondary N) is 1. The summed E-state index contributed by atoms with van der Waals surface area (Å²) in [5.41, 5.74) is 0.279. The number of anilines is 1. The Morgan fingerprint density at radius 3 is 2.58 bits per heavy atom. The van der Waals surface area contributed by atoms with E-state index in [0.717, 1.165) is 6.07 Å². The fraction of sp³-hybridized carbons (Fsp3) is 0.176. The Kier molecular flexibility index (Phi) is 6.14. The standard InChI is InChI=1S/C17H15ClFNO4/c1-11(24-15-7-5-12(18)6-8-15)17(22)23-10-16(21)20-14-4-2-3-13(19)9-14/h2-9,11H,10H2,1H3,(H,20,21)/t11-/m1/s1. The van der Waals surface area contributed by atoms with Gasteiger partial charge in [0.05, 0.1) is 0 Å². The highest BCUT2D eigenvalue weighted by atomic mass is 35.5. The molecule has 2 aromatic rings. The van der Waals surface area contributed by atoms with E-state index >= 15 is 0 Å². The summed E-state index contributed by atoms with van der Waals surface area (Å²) in [5, 5.41) is 2.97. The van der Waals surface area contributed by atoms with Crippen LogP contribution in [0, 0.1) is 5.82 Å². The zero-order valence-electron chi connectivity index (χ0n) is 12.8. The molecule has 126 valence electrons. The van der Waals surface area contributed by atoms with Crippen LogP contribution in [0.15, 0.2) is 48.5 Å². The van der Waals surface area contributed by atoms with E-state index in [9.17, 15) is 14.0 Å². The number of rotatable bonds is 6. The largest absolute Gasteiger partial charge is 0.479 e. The highest BCUT2D eigenvalue weighted by Gasteiger charge is 2.18. The van der Waals surface area contributed by atoms with E-state index < -0.39 is 30.4 Å². The van der Waals surface area contributed by atoms with Crippen LogP contribution >= 0.6 is 11.6 Å². The average Bonchev–Trinajstić information content (AvgIpc) is 2.54. The van der Waals surface area contributed by atoms with Gasteiger partial charge in [-0.25, -0.2) is 9.18 Å². The van der Waals surface area contributed by atoms with Gasteiger partial charge in [-0.15, -0.1) is 0 Å². The van der Waals surface area contributed by atoms with E-state index in [1.807, 2.05) is 0 Å². The molecule has 0 aromatic heterocycles. The first-order valence-corrected chi connectivity index (χ1v) is 7.46. The Balaban J connectivity index is 1.79. The lowest BCUT2D eigenvalue weighted by molar-refractivity contribution is -0.153. The molecule has 1 N–H and O–H groups in total. The van der Waals surface area contributed by atoms with Gasteiger partial charge in [0.25, 0.3) is 5.91 Å². The van der Waals surface area contributed by atoms with Gasteiger partial charge in [0.2, 0.25) is 0 Å². The Labute approximate surface area is 143 Å². The lowest BCUT2D eigenvalue weighted by atomic mass is 10.3. The molecule has 0 spiro atoms. The Morgan fingerprint density at radius 1 is 1.21 bits per heavy atom. The molecule has 7 heteroatoms. The molecule has 0 bridgehead atoms. The molecule has 0 unspecified atom stereocenters. The van der Waals surface area contributed by atoms with E-state index in [0.29, 0.717) is 10.8 Å². The van der Waals surface area contributed by atoms with Crippen LogP contribution in [0.1, 0.15) is 6.92 Å². The SMILES string of the molecule is C[C@@H](Oc1ccc(Cl)cc1)C(=O)OCC(=O)Nc1cccc(F)c1. The van der Waals surface area contributed by atoms with Crippen molar-refractivity contribution in [2.75, 3.05) is 11.9 Å². The maximum absolute atomic E-state index is 13.0. The number of hydrogen-bond donors (Lipinski definition) is 1. The van der Waals surface area contributed by atoms with Crippen LogP contribution in [0.4, 0.5) is 10.1 Å². The fourth-order valence-corrected chi connectivity index (χ4v) is 1.91. The van der Waals surface area contributed by atoms with Gasteiger partial charge in [0.15, 0.2) is 12.7 Å². The summed E-state index contributed by atoms with van der Waals surface area (Å²) in [6, 6.07) is 11.9. The van der Waals surface area contributed by atoms with Crippen molar-refractivity contribution in [3.63, 3.8) is 0 Å². The molecule has 0 radical (unpaired) electrons. The summed E-state index contributed by atoms with van der Waals surface area (Å²) in [6.07, 6.45) is -0.895. The van der Waals surface area contributed by atoms with Crippen molar-refractivity contribution in [2.45, 2.75) is 13.0 Å². The van der Waals surface area contributed by atoms with Crippen LogP contribution in [-0.4, -0.2) is 24.6 Å². The smallest absolute Gasteiger partial charge is 0.347 e. The summed E-state index contributed by atoms with van der Waals surface area (Å²) in [6.45, 7) is 1.01. The first-order valence-electron chi connectivity index (χ1n) is 7.08. The van der Waals surface area contributed by atoms with E-state index in [1.54, 1.807) is 24.3 Å². The second kappa shape index (κ2) is 8.31. The fourth-order valence-electron chi connectivity index (χ4n) is 1.78. The average molecular weight is 352 g/mol. The van der Waals surface area contributed by atoms with Gasteiger partial charge >= 0.3 is 5.97 Å². The molecular weight excluding hydrogens is 337 g/mol. The first-order chi connectivity index (χ1) is 11.4. The minimum Gasteiger partial charge on any atom is -0.479 e. The maximum atomic E-state index is 13.0. The van der Waals surface area contributed by atoms with Crippen molar-refractivity contribution in [3.8, 4) is 5.75 Å². The molecule has 24 heavy (non-hydrogen) atoms. The third kappa shape index (κ3) is 5.55. The maximum Gasteiger partial charge on any atom is 0.347 e. The zero-order chi connectivity index (χ0) is 17.5. The molecule has 1 atom stereocenters. The van der Waals surface area contributed by atoms with E-state index in [-0.39, 0.29) is 5.69 Å². The lowest BCUT2D eigenvalue weighted by Gasteiger charge is -2.14. The predicted octanol–water partition coefficient (Wildman–Crippen LogP) is 3.43. The lowest BCUT2D eigenvalue weighted by Crippen LogP contribution is -2.29. The number of esters is 1. The summed E-state index contributed by atoms with van der Waals surface area (Å²) in [7, 11) is 0. The van der Waals surface area contributed by atoms with Gasteiger partial charge in [-0.1, -0.05) is 17.7 Å². The monoisotopic (exact) mass is 351 g/mol. The van der Waals surface area contributed by atoms with Gasteiger partial charge in [-0.05, 0) is 49.4 Å². The number of hydrogen-bond acceptors (Lipinski definition) is 4. The van der Waals surface area contributed by atoms with E-state index in [2.05, 4.69) is 5.32 Å². The van der Waals surface area contributed by atoms with E-state index in [4.69, 9.17) is 21.1 Å². The number of carbonyl (C=O) groups is 2. The van der Waals surface area contributed by atoms with Crippen molar-refractivity contribution in [1.29, 1.82) is 0 Å². The third-order valence-corrected chi connectivity index (χ3v) is 3.16. The molecule has 0 saturated carbocycles. The molecule has 0 aliphatic carbocycles. The summed E-state index contributed by atoms with van der Waals surface area (Å²) >= 11 is 5.76. The molecule has 0 saturated heterocycles. The second-order valence-electron chi connectivity index (χ2n) is 4.88. The topological polar surface area (TPSA) is 64.6 Å². The van der Waals surface area contributed by atoms with Crippen molar-refractivity contribution in [3.05, 3.63) is 59.4 Å². The van der Waals surface area contributed by atoms with Crippen LogP contribution in [0.5, 0.6) is 5.75 Å². The number of amides is 1.